The Balaban J connectivity index is 1.38. The van der Waals surface area contributed by atoms with Gasteiger partial charge in [-0.2, -0.15) is 4.98 Å². The number of imidazole rings is 1. The smallest absolute Gasteiger partial charge is 0.330 e. The van der Waals surface area contributed by atoms with Gasteiger partial charge in [-0.25, -0.2) is 9.78 Å². The lowest BCUT2D eigenvalue weighted by molar-refractivity contribution is 0.147. The molecule has 0 saturated carbocycles. The average molecular weight is 466 g/mol. The summed E-state index contributed by atoms with van der Waals surface area (Å²) < 4.78 is 8.89. The minimum atomic E-state index is -0.0320. The van der Waals surface area contributed by atoms with E-state index in [1.165, 1.54) is 6.42 Å². The van der Waals surface area contributed by atoms with Crippen LogP contribution in [0.25, 0.3) is 11.2 Å². The molecular weight excluding hydrogens is 430 g/mol. The molecule has 0 radical (unpaired) electrons. The number of hydrogen-bond acceptors (Lipinski definition) is 7. The summed E-state index contributed by atoms with van der Waals surface area (Å²) in [6, 6.07) is 9.19. The van der Waals surface area contributed by atoms with Crippen molar-refractivity contribution in [1.82, 2.24) is 28.9 Å². The SMILES string of the molecule is CCCNc1ncc2c(n1)n(Cc1ccc(OC)cc1)c(=O)n2CCCN1CC2CC1CN2C. The number of hydrogen-bond donors (Lipinski definition) is 1. The van der Waals surface area contributed by atoms with Crippen molar-refractivity contribution < 1.29 is 4.74 Å². The van der Waals surface area contributed by atoms with Crippen LogP contribution in [0.15, 0.2) is 35.3 Å². The van der Waals surface area contributed by atoms with Gasteiger partial charge in [0.1, 0.15) is 11.3 Å². The molecule has 2 atom stereocenters. The summed E-state index contributed by atoms with van der Waals surface area (Å²) in [5.41, 5.74) is 2.47. The number of likely N-dealkylation sites (N-methyl/N-ethyl adjacent to an activating group) is 1. The number of fused-ring (bicyclic) bond motifs is 3. The molecule has 9 nitrogen and oxygen atoms in total. The molecule has 2 saturated heterocycles. The zero-order valence-electron chi connectivity index (χ0n) is 20.4. The van der Waals surface area contributed by atoms with Crippen molar-refractivity contribution in [3.63, 3.8) is 0 Å². The molecule has 9 heteroatoms. The molecule has 2 aliphatic rings. The van der Waals surface area contributed by atoms with Crippen molar-refractivity contribution >= 4 is 17.1 Å². The predicted molar refractivity (Wildman–Crippen MR) is 134 cm³/mol. The maximum Gasteiger partial charge on any atom is 0.330 e. The van der Waals surface area contributed by atoms with Crippen LogP contribution in [0.2, 0.25) is 0 Å². The lowest BCUT2D eigenvalue weighted by Gasteiger charge is -2.31. The molecule has 3 aromatic rings. The van der Waals surface area contributed by atoms with E-state index in [0.717, 1.165) is 55.9 Å². The van der Waals surface area contributed by atoms with Crippen molar-refractivity contribution in [1.29, 1.82) is 0 Å². The van der Waals surface area contributed by atoms with Crippen LogP contribution >= 0.6 is 0 Å². The second-order valence-electron chi connectivity index (χ2n) is 9.53. The summed E-state index contributed by atoms with van der Waals surface area (Å²) in [6.07, 6.45) is 4.98. The van der Waals surface area contributed by atoms with Gasteiger partial charge in [-0.1, -0.05) is 19.1 Å². The first kappa shape index (κ1) is 22.9. The van der Waals surface area contributed by atoms with E-state index in [9.17, 15) is 4.79 Å². The molecule has 1 aromatic carbocycles. The Hall–Kier alpha value is -2.91. The van der Waals surface area contributed by atoms with E-state index in [1.54, 1.807) is 17.9 Å². The maximum absolute atomic E-state index is 13.5. The molecule has 0 amide bonds. The summed E-state index contributed by atoms with van der Waals surface area (Å²) in [4.78, 5) is 27.8. The number of likely N-dealkylation sites (tertiary alicyclic amines) is 2. The molecule has 2 aliphatic heterocycles. The van der Waals surface area contributed by atoms with Gasteiger partial charge >= 0.3 is 5.69 Å². The van der Waals surface area contributed by atoms with Crippen molar-refractivity contribution in [2.45, 2.75) is 51.4 Å². The molecule has 2 fully saturated rings. The third-order valence-electron chi connectivity index (χ3n) is 7.25. The van der Waals surface area contributed by atoms with Crippen LogP contribution in [0.1, 0.15) is 31.7 Å². The predicted octanol–water partition coefficient (Wildman–Crippen LogP) is 2.25. The first-order valence-electron chi connectivity index (χ1n) is 12.3. The lowest BCUT2D eigenvalue weighted by atomic mass is 10.2. The number of ether oxygens (including phenoxy) is 1. The Morgan fingerprint density at radius 3 is 2.62 bits per heavy atom. The van der Waals surface area contributed by atoms with Gasteiger partial charge in [0.05, 0.1) is 19.9 Å². The molecule has 0 spiro atoms. The van der Waals surface area contributed by atoms with Crippen molar-refractivity contribution in [3.05, 3.63) is 46.5 Å². The number of nitrogens with one attached hydrogen (secondary N) is 1. The topological polar surface area (TPSA) is 80.4 Å². The van der Waals surface area contributed by atoms with E-state index < -0.39 is 0 Å². The Morgan fingerprint density at radius 2 is 1.94 bits per heavy atom. The number of anilines is 1. The molecule has 5 rings (SSSR count). The van der Waals surface area contributed by atoms with Crippen LogP contribution in [0, 0.1) is 0 Å². The van der Waals surface area contributed by atoms with E-state index in [0.29, 0.717) is 36.8 Å². The second-order valence-corrected chi connectivity index (χ2v) is 9.53. The summed E-state index contributed by atoms with van der Waals surface area (Å²) in [5, 5.41) is 3.25. The summed E-state index contributed by atoms with van der Waals surface area (Å²) in [7, 11) is 3.88. The number of aromatic nitrogens is 4. The molecule has 4 heterocycles. The zero-order chi connectivity index (χ0) is 23.7. The third kappa shape index (κ3) is 4.42. The van der Waals surface area contributed by atoms with Crippen LogP contribution in [0.5, 0.6) is 5.75 Å². The highest BCUT2D eigenvalue weighted by atomic mass is 16.5. The van der Waals surface area contributed by atoms with Gasteiger partial charge in [0, 0.05) is 44.8 Å². The largest absolute Gasteiger partial charge is 0.497 e. The number of piperazine rings is 1. The Kier molecular flexibility index (Phi) is 6.56. The van der Waals surface area contributed by atoms with Crippen LogP contribution < -0.4 is 15.7 Å². The zero-order valence-corrected chi connectivity index (χ0v) is 20.4. The monoisotopic (exact) mass is 465 g/mol. The highest BCUT2D eigenvalue weighted by Gasteiger charge is 2.40. The molecule has 34 heavy (non-hydrogen) atoms. The van der Waals surface area contributed by atoms with Crippen molar-refractivity contribution in [3.8, 4) is 5.75 Å². The number of aryl methyl sites for hydroxylation is 1. The van der Waals surface area contributed by atoms with Crippen LogP contribution in [0.4, 0.5) is 5.95 Å². The molecule has 2 aromatic heterocycles. The molecule has 2 unspecified atom stereocenters. The Bertz CT molecular complexity index is 1180. The highest BCUT2D eigenvalue weighted by Crippen LogP contribution is 2.29. The average Bonchev–Trinajstić information content (AvgIpc) is 3.50. The van der Waals surface area contributed by atoms with Crippen LogP contribution in [-0.4, -0.2) is 81.3 Å². The quantitative estimate of drug-likeness (QED) is 0.492. The normalized spacial score (nSPS) is 20.4. The van der Waals surface area contributed by atoms with E-state index in [1.807, 2.05) is 28.8 Å². The minimum Gasteiger partial charge on any atom is -0.497 e. The van der Waals surface area contributed by atoms with Gasteiger partial charge in [0.2, 0.25) is 5.95 Å². The second kappa shape index (κ2) is 9.76. The lowest BCUT2D eigenvalue weighted by Crippen LogP contribution is -2.45. The van der Waals surface area contributed by atoms with Crippen molar-refractivity contribution in [2.24, 2.45) is 0 Å². The Morgan fingerprint density at radius 1 is 1.12 bits per heavy atom. The fourth-order valence-corrected chi connectivity index (χ4v) is 5.34. The van der Waals surface area contributed by atoms with Crippen LogP contribution in [0.3, 0.4) is 0 Å². The molecular formula is C25H35N7O2. The maximum atomic E-state index is 13.5. The van der Waals surface area contributed by atoms with E-state index in [-0.39, 0.29) is 5.69 Å². The summed E-state index contributed by atoms with van der Waals surface area (Å²) >= 11 is 0. The fraction of sp³-hybridized carbons (Fsp3) is 0.560. The van der Waals surface area contributed by atoms with Gasteiger partial charge in [-0.05, 0) is 44.0 Å². The summed E-state index contributed by atoms with van der Waals surface area (Å²) in [5.74, 6) is 1.36. The van der Waals surface area contributed by atoms with Gasteiger partial charge in [-0.15, -0.1) is 0 Å². The number of nitrogens with zero attached hydrogens (tertiary/aromatic N) is 6. The van der Waals surface area contributed by atoms with E-state index in [4.69, 9.17) is 9.72 Å². The summed E-state index contributed by atoms with van der Waals surface area (Å²) in [6.45, 7) is 7.34. The van der Waals surface area contributed by atoms with Gasteiger partial charge in [-0.3, -0.25) is 14.0 Å². The number of methoxy groups -OCH3 is 1. The first-order chi connectivity index (χ1) is 16.6. The molecule has 182 valence electrons. The molecule has 0 aliphatic carbocycles. The fourth-order valence-electron chi connectivity index (χ4n) is 5.34. The van der Waals surface area contributed by atoms with Crippen LogP contribution in [-0.2, 0) is 13.1 Å². The molecule has 2 bridgehead atoms. The number of benzene rings is 1. The highest BCUT2D eigenvalue weighted by molar-refractivity contribution is 5.72. The van der Waals surface area contributed by atoms with Gasteiger partial charge in [0.25, 0.3) is 0 Å². The van der Waals surface area contributed by atoms with Gasteiger partial charge in [0.15, 0.2) is 5.65 Å². The third-order valence-corrected chi connectivity index (χ3v) is 7.25. The Labute approximate surface area is 200 Å². The minimum absolute atomic E-state index is 0.0320. The standard InChI is InChI=1S/C25H35N7O2/c1-4-10-26-24-27-14-22-23(28-24)32(15-18-6-8-21(34-3)9-7-18)25(33)31(22)12-5-11-30-17-19-13-20(30)16-29(19)2/h6-9,14,19-20H,4-5,10-13,15-17H2,1-3H3,(H,26,27,28). The first-order valence-corrected chi connectivity index (χ1v) is 12.3. The van der Waals surface area contributed by atoms with Gasteiger partial charge < -0.3 is 15.0 Å². The molecule has 1 N–H and O–H groups in total. The van der Waals surface area contributed by atoms with E-state index >= 15 is 0 Å². The van der Waals surface area contributed by atoms with Crippen molar-refractivity contribution in [2.75, 3.05) is 45.7 Å². The van der Waals surface area contributed by atoms with E-state index in [2.05, 4.69) is 34.1 Å². The number of rotatable bonds is 10.